The lowest BCUT2D eigenvalue weighted by Gasteiger charge is -2.02. The van der Waals surface area contributed by atoms with Crippen LogP contribution < -0.4 is 0 Å². The molecule has 0 N–H and O–H groups in total. The zero-order chi connectivity index (χ0) is 9.97. The zero-order valence-electron chi connectivity index (χ0n) is 7.74. The lowest BCUT2D eigenvalue weighted by atomic mass is 10.1. The number of ether oxygens (including phenoxy) is 2. The van der Waals surface area contributed by atoms with Gasteiger partial charge >= 0.3 is 0 Å². The van der Waals surface area contributed by atoms with Crippen molar-refractivity contribution in [1.82, 2.24) is 0 Å². The molecular formula is C11H9O2S. The molecule has 0 bridgehead atoms. The Morgan fingerprint density at radius 1 is 1.50 bits per heavy atom. The molecule has 0 saturated heterocycles. The smallest absolute Gasteiger partial charge is 0.289 e. The molecular weight excluding hydrogens is 196 g/mol. The highest BCUT2D eigenvalue weighted by molar-refractivity contribution is 7.80. The van der Waals surface area contributed by atoms with Gasteiger partial charge in [0.15, 0.2) is 5.05 Å². The normalized spacial score (nSPS) is 15.6. The van der Waals surface area contributed by atoms with Crippen LogP contribution in [0.2, 0.25) is 0 Å². The third kappa shape index (κ3) is 1.63. The highest BCUT2D eigenvalue weighted by Gasteiger charge is 2.22. The van der Waals surface area contributed by atoms with Crippen molar-refractivity contribution in [3.05, 3.63) is 41.8 Å². The lowest BCUT2D eigenvalue weighted by Crippen LogP contribution is -1.91. The molecule has 14 heavy (non-hydrogen) atoms. The topological polar surface area (TPSA) is 18.5 Å². The average molecular weight is 205 g/mol. The first kappa shape index (κ1) is 9.21. The van der Waals surface area contributed by atoms with Crippen LogP contribution in [0.3, 0.4) is 0 Å². The van der Waals surface area contributed by atoms with Crippen LogP contribution in [0.4, 0.5) is 0 Å². The second-order valence-corrected chi connectivity index (χ2v) is 3.35. The molecule has 0 aliphatic carbocycles. The van der Waals surface area contributed by atoms with Gasteiger partial charge in [-0.25, -0.2) is 0 Å². The minimum absolute atomic E-state index is 0.498. The van der Waals surface area contributed by atoms with Crippen LogP contribution in [0.1, 0.15) is 12.0 Å². The standard InChI is InChI=1S/C11H9O2S/c1-12-11-9(7-10(14)13-11)8-5-3-2-4-6-8/h2-5H,7H2,1H3. The molecule has 0 amide bonds. The number of methoxy groups -OCH3 is 1. The Hall–Kier alpha value is -1.35. The molecule has 3 heteroatoms. The van der Waals surface area contributed by atoms with Crippen LogP contribution in [0.15, 0.2) is 30.2 Å². The van der Waals surface area contributed by atoms with E-state index in [-0.39, 0.29) is 0 Å². The molecule has 1 heterocycles. The van der Waals surface area contributed by atoms with E-state index in [1.54, 1.807) is 7.11 Å². The molecule has 0 unspecified atom stereocenters. The number of benzene rings is 1. The lowest BCUT2D eigenvalue weighted by molar-refractivity contribution is 0.156. The number of hydrogen-bond acceptors (Lipinski definition) is 3. The van der Waals surface area contributed by atoms with Crippen molar-refractivity contribution < 1.29 is 9.47 Å². The Morgan fingerprint density at radius 2 is 2.36 bits per heavy atom. The van der Waals surface area contributed by atoms with Crippen molar-refractivity contribution in [3.8, 4) is 0 Å². The maximum Gasteiger partial charge on any atom is 0.289 e. The third-order valence-electron chi connectivity index (χ3n) is 1.99. The largest absolute Gasteiger partial charge is 0.468 e. The van der Waals surface area contributed by atoms with E-state index in [0.29, 0.717) is 17.4 Å². The van der Waals surface area contributed by atoms with E-state index in [9.17, 15) is 0 Å². The van der Waals surface area contributed by atoms with Crippen LogP contribution >= 0.6 is 12.2 Å². The number of hydrogen-bond donors (Lipinski definition) is 0. The quantitative estimate of drug-likeness (QED) is 0.691. The molecule has 1 radical (unpaired) electrons. The van der Waals surface area contributed by atoms with E-state index >= 15 is 0 Å². The van der Waals surface area contributed by atoms with Crippen molar-refractivity contribution >= 4 is 22.8 Å². The fraction of sp³-hybridized carbons (Fsp3) is 0.182. The molecule has 0 fully saturated rings. The maximum absolute atomic E-state index is 5.25. The van der Waals surface area contributed by atoms with E-state index in [1.165, 1.54) is 0 Å². The summed E-state index contributed by atoms with van der Waals surface area (Å²) in [6, 6.07) is 10.8. The van der Waals surface area contributed by atoms with Gasteiger partial charge in [-0.3, -0.25) is 0 Å². The Bertz CT molecular complexity index is 382. The van der Waals surface area contributed by atoms with Crippen molar-refractivity contribution in [3.63, 3.8) is 0 Å². The molecule has 0 saturated carbocycles. The van der Waals surface area contributed by atoms with Gasteiger partial charge in [-0.1, -0.05) is 24.3 Å². The fourth-order valence-electron chi connectivity index (χ4n) is 1.37. The summed E-state index contributed by atoms with van der Waals surface area (Å²) in [4.78, 5) is 0. The molecule has 0 spiro atoms. The number of thiocarbonyl (C=S) groups is 1. The minimum Gasteiger partial charge on any atom is -0.468 e. The van der Waals surface area contributed by atoms with Gasteiger partial charge < -0.3 is 9.47 Å². The number of rotatable bonds is 2. The summed E-state index contributed by atoms with van der Waals surface area (Å²) in [6.45, 7) is 0. The van der Waals surface area contributed by atoms with Crippen LogP contribution in [0, 0.1) is 6.07 Å². The second-order valence-electron chi connectivity index (χ2n) is 2.90. The third-order valence-corrected chi connectivity index (χ3v) is 2.22. The Balaban J connectivity index is 2.38. The highest BCUT2D eigenvalue weighted by Crippen LogP contribution is 2.30. The van der Waals surface area contributed by atoms with Crippen LogP contribution in [0.25, 0.3) is 5.57 Å². The van der Waals surface area contributed by atoms with Gasteiger partial charge in [0, 0.05) is 12.0 Å². The van der Waals surface area contributed by atoms with Crippen LogP contribution in [-0.2, 0) is 9.47 Å². The van der Waals surface area contributed by atoms with Gasteiger partial charge in [0.2, 0.25) is 0 Å². The first-order valence-electron chi connectivity index (χ1n) is 4.26. The molecule has 0 atom stereocenters. The second kappa shape index (κ2) is 3.80. The van der Waals surface area contributed by atoms with Crippen LogP contribution in [-0.4, -0.2) is 12.2 Å². The predicted octanol–water partition coefficient (Wildman–Crippen LogP) is 2.55. The predicted molar refractivity (Wildman–Crippen MR) is 57.5 cm³/mol. The first-order valence-corrected chi connectivity index (χ1v) is 4.67. The van der Waals surface area contributed by atoms with E-state index in [2.05, 4.69) is 6.07 Å². The average Bonchev–Trinajstić information content (AvgIpc) is 2.61. The Kier molecular flexibility index (Phi) is 2.50. The molecule has 1 aliphatic rings. The summed E-state index contributed by atoms with van der Waals surface area (Å²) in [7, 11) is 1.58. The SMILES string of the molecule is COC1=C(c2[c]cccc2)CC(=S)O1. The summed E-state index contributed by atoms with van der Waals surface area (Å²) < 4.78 is 10.3. The molecule has 1 aliphatic heterocycles. The molecule has 1 aromatic carbocycles. The molecule has 71 valence electrons. The monoisotopic (exact) mass is 205 g/mol. The van der Waals surface area contributed by atoms with E-state index in [0.717, 1.165) is 11.1 Å². The fourth-order valence-corrected chi connectivity index (χ4v) is 1.59. The van der Waals surface area contributed by atoms with E-state index in [4.69, 9.17) is 21.7 Å². The van der Waals surface area contributed by atoms with Crippen molar-refractivity contribution in [1.29, 1.82) is 0 Å². The summed E-state index contributed by atoms with van der Waals surface area (Å²) in [5, 5.41) is 0.550. The summed E-state index contributed by atoms with van der Waals surface area (Å²) >= 11 is 4.98. The van der Waals surface area contributed by atoms with Gasteiger partial charge in [-0.05, 0) is 23.8 Å². The van der Waals surface area contributed by atoms with Crippen LogP contribution in [0.5, 0.6) is 0 Å². The van der Waals surface area contributed by atoms with Crippen molar-refractivity contribution in [2.75, 3.05) is 7.11 Å². The maximum atomic E-state index is 5.25. The first-order chi connectivity index (χ1) is 6.81. The zero-order valence-corrected chi connectivity index (χ0v) is 8.56. The Morgan fingerprint density at radius 3 is 3.00 bits per heavy atom. The van der Waals surface area contributed by atoms with Crippen molar-refractivity contribution in [2.45, 2.75) is 6.42 Å². The summed E-state index contributed by atoms with van der Waals surface area (Å²) in [5.41, 5.74) is 1.95. The molecule has 1 aromatic rings. The van der Waals surface area contributed by atoms with E-state index in [1.807, 2.05) is 24.3 Å². The summed E-state index contributed by atoms with van der Waals surface area (Å²) in [5.74, 6) is 0.498. The highest BCUT2D eigenvalue weighted by atomic mass is 32.1. The van der Waals surface area contributed by atoms with Gasteiger partial charge in [-0.2, -0.15) is 0 Å². The molecule has 0 aromatic heterocycles. The van der Waals surface area contributed by atoms with Gasteiger partial charge in [0.05, 0.1) is 7.11 Å². The summed E-state index contributed by atoms with van der Waals surface area (Å²) in [6.07, 6.45) is 0.624. The molecule has 2 rings (SSSR count). The van der Waals surface area contributed by atoms with Crippen molar-refractivity contribution in [2.24, 2.45) is 0 Å². The van der Waals surface area contributed by atoms with Gasteiger partial charge in [0.25, 0.3) is 5.95 Å². The Labute approximate surface area is 88.1 Å². The van der Waals surface area contributed by atoms with E-state index < -0.39 is 0 Å². The van der Waals surface area contributed by atoms with Gasteiger partial charge in [0.1, 0.15) is 0 Å². The van der Waals surface area contributed by atoms with Gasteiger partial charge in [-0.15, -0.1) is 0 Å². The minimum atomic E-state index is 0.498. The molecule has 2 nitrogen and oxygen atoms in total.